The van der Waals surface area contributed by atoms with E-state index in [-0.39, 0.29) is 0 Å². The lowest BCUT2D eigenvalue weighted by Crippen LogP contribution is -2.00. The monoisotopic (exact) mass is 184 g/mol. The summed E-state index contributed by atoms with van der Waals surface area (Å²) in [5.41, 5.74) is 5.16. The Bertz CT molecular complexity index is 520. The van der Waals surface area contributed by atoms with Gasteiger partial charge < -0.3 is 4.98 Å². The average molecular weight is 184 g/mol. The molecule has 1 aromatic carbocycles. The maximum Gasteiger partial charge on any atom is 0.0605 e. The van der Waals surface area contributed by atoms with Crippen LogP contribution in [0.3, 0.4) is 0 Å². The molecule has 0 bridgehead atoms. The van der Waals surface area contributed by atoms with Gasteiger partial charge in [-0.1, -0.05) is 12.1 Å². The predicted molar refractivity (Wildman–Crippen MR) is 59.2 cm³/mol. The van der Waals surface area contributed by atoms with Crippen molar-refractivity contribution in [3.63, 3.8) is 0 Å². The number of hydrogen-bond acceptors (Lipinski definition) is 1. The van der Waals surface area contributed by atoms with Gasteiger partial charge in [-0.3, -0.25) is 4.99 Å². The topological polar surface area (TPSA) is 28.1 Å². The molecule has 3 rings (SSSR count). The molecule has 2 heteroatoms. The number of rotatable bonds is 0. The van der Waals surface area contributed by atoms with Crippen molar-refractivity contribution in [1.29, 1.82) is 0 Å². The second-order valence-electron chi connectivity index (χ2n) is 3.85. The highest BCUT2D eigenvalue weighted by molar-refractivity contribution is 5.94. The Morgan fingerprint density at radius 2 is 2.29 bits per heavy atom. The molecule has 0 radical (unpaired) electrons. The Morgan fingerprint density at radius 3 is 3.21 bits per heavy atom. The van der Waals surface area contributed by atoms with Crippen molar-refractivity contribution >= 4 is 17.1 Å². The Labute approximate surface area is 82.7 Å². The summed E-state index contributed by atoms with van der Waals surface area (Å²) in [5, 5.41) is 1.36. The zero-order chi connectivity index (χ0) is 9.54. The fourth-order valence-corrected chi connectivity index (χ4v) is 2.10. The first-order valence-corrected chi connectivity index (χ1v) is 4.95. The maximum atomic E-state index is 4.28. The Balaban J connectivity index is 2.37. The number of benzene rings is 1. The van der Waals surface area contributed by atoms with Gasteiger partial charge in [0.1, 0.15) is 0 Å². The van der Waals surface area contributed by atoms with Crippen LogP contribution in [0.5, 0.6) is 0 Å². The van der Waals surface area contributed by atoms with Gasteiger partial charge in [-0.15, -0.1) is 0 Å². The highest BCUT2D eigenvalue weighted by Gasteiger charge is 2.11. The van der Waals surface area contributed by atoms with Crippen molar-refractivity contribution in [3.8, 4) is 0 Å². The quantitative estimate of drug-likeness (QED) is 0.651. The van der Waals surface area contributed by atoms with Crippen molar-refractivity contribution in [2.75, 3.05) is 6.54 Å². The van der Waals surface area contributed by atoms with Crippen molar-refractivity contribution in [1.82, 2.24) is 4.98 Å². The fourth-order valence-electron chi connectivity index (χ4n) is 2.10. The smallest absolute Gasteiger partial charge is 0.0605 e. The molecule has 0 fully saturated rings. The van der Waals surface area contributed by atoms with Gasteiger partial charge >= 0.3 is 0 Å². The molecule has 0 aliphatic carbocycles. The van der Waals surface area contributed by atoms with E-state index in [1.807, 2.05) is 6.21 Å². The number of aromatic amines is 1. The summed E-state index contributed by atoms with van der Waals surface area (Å²) in [4.78, 5) is 7.69. The van der Waals surface area contributed by atoms with Crippen molar-refractivity contribution in [2.24, 2.45) is 4.99 Å². The molecule has 70 valence electrons. The molecule has 2 nitrogen and oxygen atoms in total. The van der Waals surface area contributed by atoms with Crippen LogP contribution in [0.25, 0.3) is 10.9 Å². The van der Waals surface area contributed by atoms with Crippen LogP contribution < -0.4 is 0 Å². The lowest BCUT2D eigenvalue weighted by Gasteiger charge is -2.03. The highest BCUT2D eigenvalue weighted by atomic mass is 14.8. The summed E-state index contributed by atoms with van der Waals surface area (Å²) < 4.78 is 0. The molecule has 0 unspecified atom stereocenters. The van der Waals surface area contributed by atoms with Crippen LogP contribution in [-0.4, -0.2) is 17.7 Å². The number of aliphatic imine (C=N–C) groups is 1. The Morgan fingerprint density at radius 1 is 1.36 bits per heavy atom. The van der Waals surface area contributed by atoms with Crippen LogP contribution >= 0.6 is 0 Å². The van der Waals surface area contributed by atoms with Gasteiger partial charge in [0, 0.05) is 23.7 Å². The van der Waals surface area contributed by atoms with Gasteiger partial charge in [-0.2, -0.15) is 0 Å². The van der Waals surface area contributed by atoms with Crippen LogP contribution in [0, 0.1) is 6.92 Å². The first-order valence-electron chi connectivity index (χ1n) is 4.95. The molecule has 0 amide bonds. The molecule has 0 saturated heterocycles. The summed E-state index contributed by atoms with van der Waals surface area (Å²) in [5.74, 6) is 0. The standard InChI is InChI=1S/C12H12N2/c1-8-2-3-9-10-4-5-13-7-12(10)14-11(9)6-8/h2-3,6-7,14H,4-5H2,1H3. The van der Waals surface area contributed by atoms with Crippen LogP contribution in [-0.2, 0) is 6.42 Å². The van der Waals surface area contributed by atoms with Gasteiger partial charge in [0.2, 0.25) is 0 Å². The number of nitrogens with one attached hydrogen (secondary N) is 1. The normalized spacial score (nSPS) is 14.6. The zero-order valence-corrected chi connectivity index (χ0v) is 8.17. The molecule has 1 aromatic heterocycles. The molecule has 0 saturated carbocycles. The third-order valence-corrected chi connectivity index (χ3v) is 2.81. The van der Waals surface area contributed by atoms with Crippen molar-refractivity contribution in [3.05, 3.63) is 35.0 Å². The minimum Gasteiger partial charge on any atom is -0.354 e. The van der Waals surface area contributed by atoms with E-state index in [1.54, 1.807) is 0 Å². The molecule has 2 aromatic rings. The van der Waals surface area contributed by atoms with E-state index in [9.17, 15) is 0 Å². The molecule has 2 heterocycles. The second-order valence-corrected chi connectivity index (χ2v) is 3.85. The number of H-pyrrole nitrogens is 1. The highest BCUT2D eigenvalue weighted by Crippen LogP contribution is 2.24. The van der Waals surface area contributed by atoms with E-state index in [1.165, 1.54) is 27.7 Å². The maximum absolute atomic E-state index is 4.28. The van der Waals surface area contributed by atoms with Crippen molar-refractivity contribution in [2.45, 2.75) is 13.3 Å². The van der Waals surface area contributed by atoms with Crippen molar-refractivity contribution < 1.29 is 0 Å². The van der Waals surface area contributed by atoms with Crippen LogP contribution in [0.2, 0.25) is 0 Å². The van der Waals surface area contributed by atoms with E-state index in [0.717, 1.165) is 13.0 Å². The summed E-state index contributed by atoms with van der Waals surface area (Å²) in [7, 11) is 0. The minimum absolute atomic E-state index is 0.924. The SMILES string of the molecule is Cc1ccc2c3c([nH]c2c1)C=NCC3. The fraction of sp³-hybridized carbons (Fsp3) is 0.250. The molecule has 1 aliphatic heterocycles. The Hall–Kier alpha value is -1.57. The van der Waals surface area contributed by atoms with Gasteiger partial charge in [-0.05, 0) is 30.5 Å². The zero-order valence-electron chi connectivity index (χ0n) is 8.17. The van der Waals surface area contributed by atoms with Crippen LogP contribution in [0.15, 0.2) is 23.2 Å². The predicted octanol–water partition coefficient (Wildman–Crippen LogP) is 2.45. The van der Waals surface area contributed by atoms with E-state index < -0.39 is 0 Å². The lowest BCUT2D eigenvalue weighted by atomic mass is 10.1. The second kappa shape index (κ2) is 2.71. The lowest BCUT2D eigenvalue weighted by molar-refractivity contribution is 0.957. The summed E-state index contributed by atoms with van der Waals surface area (Å²) in [6, 6.07) is 6.57. The summed E-state index contributed by atoms with van der Waals surface area (Å²) >= 11 is 0. The van der Waals surface area contributed by atoms with Gasteiger partial charge in [-0.25, -0.2) is 0 Å². The van der Waals surface area contributed by atoms with Gasteiger partial charge in [0.05, 0.1) is 5.69 Å². The van der Waals surface area contributed by atoms with E-state index in [2.05, 4.69) is 35.1 Å². The molecular weight excluding hydrogens is 172 g/mol. The third-order valence-electron chi connectivity index (χ3n) is 2.81. The minimum atomic E-state index is 0.924. The average Bonchev–Trinajstić information content (AvgIpc) is 2.54. The van der Waals surface area contributed by atoms with Crippen LogP contribution in [0.4, 0.5) is 0 Å². The van der Waals surface area contributed by atoms with Crippen LogP contribution in [0.1, 0.15) is 16.8 Å². The number of hydrogen-bond donors (Lipinski definition) is 1. The van der Waals surface area contributed by atoms with E-state index in [4.69, 9.17) is 0 Å². The number of aryl methyl sites for hydroxylation is 1. The molecule has 1 N–H and O–H groups in total. The molecule has 14 heavy (non-hydrogen) atoms. The molecular formula is C12H12N2. The first kappa shape index (κ1) is 7.80. The Kier molecular flexibility index (Phi) is 1.51. The number of nitrogens with zero attached hydrogens (tertiary/aromatic N) is 1. The summed E-state index contributed by atoms with van der Waals surface area (Å²) in [6.45, 7) is 3.04. The number of fused-ring (bicyclic) bond motifs is 3. The van der Waals surface area contributed by atoms with E-state index in [0.29, 0.717) is 0 Å². The largest absolute Gasteiger partial charge is 0.354 e. The molecule has 0 spiro atoms. The van der Waals surface area contributed by atoms with E-state index >= 15 is 0 Å². The molecule has 0 atom stereocenters. The third kappa shape index (κ3) is 1.00. The van der Waals surface area contributed by atoms with Gasteiger partial charge in [0.25, 0.3) is 0 Å². The molecule has 1 aliphatic rings. The number of aromatic nitrogens is 1. The first-order chi connectivity index (χ1) is 6.84. The summed E-state index contributed by atoms with van der Waals surface area (Å²) in [6.07, 6.45) is 3.02. The van der Waals surface area contributed by atoms with Gasteiger partial charge in [0.15, 0.2) is 0 Å².